The molecule has 0 atom stereocenters. The van der Waals surface area contributed by atoms with Crippen LogP contribution in [0.1, 0.15) is 12.6 Å². The van der Waals surface area contributed by atoms with Crippen LogP contribution in [-0.4, -0.2) is 17.6 Å². The van der Waals surface area contributed by atoms with Crippen molar-refractivity contribution in [3.05, 3.63) is 52.7 Å². The van der Waals surface area contributed by atoms with Crippen LogP contribution < -0.4 is 0 Å². The highest BCUT2D eigenvalue weighted by Gasteiger charge is 2.21. The molecule has 0 aliphatic rings. The minimum atomic E-state index is -0.346. The molecule has 4 rings (SSSR count). The van der Waals surface area contributed by atoms with E-state index in [0.29, 0.717) is 28.3 Å². The predicted octanol–water partition coefficient (Wildman–Crippen LogP) is 5.58. The Labute approximate surface area is 158 Å². The van der Waals surface area contributed by atoms with E-state index in [1.54, 1.807) is 19.3 Å². The van der Waals surface area contributed by atoms with E-state index < -0.39 is 0 Å². The summed E-state index contributed by atoms with van der Waals surface area (Å²) in [5.74, 6) is 0.630. The van der Waals surface area contributed by atoms with Crippen LogP contribution in [0.25, 0.3) is 33.1 Å². The number of furan rings is 1. The van der Waals surface area contributed by atoms with Crippen LogP contribution >= 0.6 is 22.9 Å². The fourth-order valence-electron chi connectivity index (χ4n) is 2.67. The number of hydrogen-bond donors (Lipinski definition) is 0. The molecule has 0 spiro atoms. The van der Waals surface area contributed by atoms with E-state index in [2.05, 4.69) is 4.98 Å². The molecule has 0 radical (unpaired) electrons. The summed E-state index contributed by atoms with van der Waals surface area (Å²) in [5, 5.41) is 0.952. The molecule has 3 heterocycles. The van der Waals surface area contributed by atoms with Gasteiger partial charge in [-0.3, -0.25) is 4.79 Å². The topological polar surface area (TPSA) is 65.5 Å². The summed E-state index contributed by atoms with van der Waals surface area (Å²) in [6.45, 7) is 2.09. The van der Waals surface area contributed by atoms with Crippen LogP contribution in [0.2, 0.25) is 4.34 Å². The SMILES string of the molecule is CCOC(=O)Cc1nc(-c2ccc3occc3c2)oc1-c1ccc(Cl)s1. The maximum atomic E-state index is 11.9. The monoisotopic (exact) mass is 387 g/mol. The molecule has 1 aromatic carbocycles. The van der Waals surface area contributed by atoms with Gasteiger partial charge in [-0.2, -0.15) is 0 Å². The van der Waals surface area contributed by atoms with Crippen molar-refractivity contribution in [2.45, 2.75) is 13.3 Å². The lowest BCUT2D eigenvalue weighted by atomic mass is 10.1. The summed E-state index contributed by atoms with van der Waals surface area (Å²) in [5.41, 5.74) is 2.12. The minimum Gasteiger partial charge on any atom is -0.466 e. The molecule has 0 amide bonds. The number of aromatic nitrogens is 1. The van der Waals surface area contributed by atoms with Gasteiger partial charge in [-0.05, 0) is 43.3 Å². The maximum absolute atomic E-state index is 11.9. The van der Waals surface area contributed by atoms with Gasteiger partial charge in [0.1, 0.15) is 5.58 Å². The molecule has 3 aromatic heterocycles. The highest BCUT2D eigenvalue weighted by Crippen LogP contribution is 2.36. The first kappa shape index (κ1) is 16.9. The number of halogens is 1. The summed E-state index contributed by atoms with van der Waals surface area (Å²) in [6.07, 6.45) is 1.67. The second kappa shape index (κ2) is 6.97. The molecule has 0 N–H and O–H groups in total. The number of hydrogen-bond acceptors (Lipinski definition) is 6. The quantitative estimate of drug-likeness (QED) is 0.418. The van der Waals surface area contributed by atoms with E-state index in [-0.39, 0.29) is 12.4 Å². The first-order valence-corrected chi connectivity index (χ1v) is 9.22. The predicted molar refractivity (Wildman–Crippen MR) is 100 cm³/mol. The normalized spacial score (nSPS) is 11.2. The second-order valence-corrected chi connectivity index (χ2v) is 7.27. The Morgan fingerprint density at radius 1 is 1.27 bits per heavy atom. The zero-order chi connectivity index (χ0) is 18.1. The molecule has 26 heavy (non-hydrogen) atoms. The Hall–Kier alpha value is -2.57. The first-order chi connectivity index (χ1) is 12.6. The lowest BCUT2D eigenvalue weighted by Crippen LogP contribution is -2.08. The zero-order valence-electron chi connectivity index (χ0n) is 13.8. The average molecular weight is 388 g/mol. The molecule has 4 aromatic rings. The van der Waals surface area contributed by atoms with Gasteiger partial charge in [0.05, 0.1) is 34.2 Å². The second-order valence-electron chi connectivity index (χ2n) is 5.55. The average Bonchev–Trinajstić information content (AvgIpc) is 3.33. The minimum absolute atomic E-state index is 0.0378. The molecule has 132 valence electrons. The van der Waals surface area contributed by atoms with Gasteiger partial charge in [0.25, 0.3) is 0 Å². The van der Waals surface area contributed by atoms with Crippen molar-refractivity contribution < 1.29 is 18.4 Å². The van der Waals surface area contributed by atoms with Gasteiger partial charge in [0, 0.05) is 10.9 Å². The van der Waals surface area contributed by atoms with Crippen molar-refractivity contribution in [2.75, 3.05) is 6.61 Å². The number of ether oxygens (including phenoxy) is 1. The molecular formula is C19H14ClNO4S. The smallest absolute Gasteiger partial charge is 0.312 e. The Morgan fingerprint density at radius 3 is 2.92 bits per heavy atom. The number of benzene rings is 1. The van der Waals surface area contributed by atoms with E-state index in [4.69, 9.17) is 25.2 Å². The van der Waals surface area contributed by atoms with Crippen molar-refractivity contribution >= 4 is 39.9 Å². The van der Waals surface area contributed by atoms with Gasteiger partial charge < -0.3 is 13.6 Å². The summed E-state index contributed by atoms with van der Waals surface area (Å²) < 4.78 is 17.1. The number of esters is 1. The molecule has 0 saturated heterocycles. The van der Waals surface area contributed by atoms with Crippen molar-refractivity contribution in [2.24, 2.45) is 0 Å². The van der Waals surface area contributed by atoms with Crippen molar-refractivity contribution in [3.63, 3.8) is 0 Å². The lowest BCUT2D eigenvalue weighted by molar-refractivity contribution is -0.142. The molecule has 7 heteroatoms. The standard InChI is InChI=1S/C19H14ClNO4S/c1-2-23-17(22)10-13-18(15-5-6-16(20)26-15)25-19(21-13)12-3-4-14-11(9-12)7-8-24-14/h3-9H,2,10H2,1H3. The number of nitrogens with zero attached hydrogens (tertiary/aromatic N) is 1. The molecule has 0 unspecified atom stereocenters. The number of carbonyl (C=O) groups is 1. The Kier molecular flexibility index (Phi) is 4.53. The molecular weight excluding hydrogens is 374 g/mol. The third kappa shape index (κ3) is 3.25. The van der Waals surface area contributed by atoms with E-state index in [1.165, 1.54) is 11.3 Å². The largest absolute Gasteiger partial charge is 0.466 e. The number of rotatable bonds is 5. The zero-order valence-corrected chi connectivity index (χ0v) is 15.4. The Morgan fingerprint density at radius 2 is 2.15 bits per heavy atom. The van der Waals surface area contributed by atoms with Gasteiger partial charge in [0.15, 0.2) is 5.76 Å². The third-order valence-electron chi connectivity index (χ3n) is 3.81. The maximum Gasteiger partial charge on any atom is 0.312 e. The Balaban J connectivity index is 1.77. The van der Waals surface area contributed by atoms with Crippen LogP contribution in [0.5, 0.6) is 0 Å². The van der Waals surface area contributed by atoms with Gasteiger partial charge >= 0.3 is 5.97 Å². The number of fused-ring (bicyclic) bond motifs is 1. The first-order valence-electron chi connectivity index (χ1n) is 8.02. The van der Waals surface area contributed by atoms with Crippen LogP contribution in [0.4, 0.5) is 0 Å². The van der Waals surface area contributed by atoms with Crippen LogP contribution in [0.3, 0.4) is 0 Å². The number of carbonyl (C=O) groups excluding carboxylic acids is 1. The molecule has 0 aliphatic heterocycles. The van der Waals surface area contributed by atoms with Crippen molar-refractivity contribution in [3.8, 4) is 22.1 Å². The van der Waals surface area contributed by atoms with Crippen molar-refractivity contribution in [1.29, 1.82) is 0 Å². The van der Waals surface area contributed by atoms with Gasteiger partial charge in [-0.15, -0.1) is 11.3 Å². The Bertz CT molecular complexity index is 1080. The van der Waals surface area contributed by atoms with E-state index >= 15 is 0 Å². The molecule has 5 nitrogen and oxygen atoms in total. The summed E-state index contributed by atoms with van der Waals surface area (Å²) in [6, 6.07) is 11.2. The molecule has 0 saturated carbocycles. The van der Waals surface area contributed by atoms with Crippen LogP contribution in [0, 0.1) is 0 Å². The van der Waals surface area contributed by atoms with Crippen molar-refractivity contribution in [1.82, 2.24) is 4.98 Å². The van der Waals surface area contributed by atoms with E-state index in [0.717, 1.165) is 21.4 Å². The van der Waals surface area contributed by atoms with Crippen LogP contribution in [0.15, 0.2) is 51.5 Å². The number of oxazole rings is 1. The summed E-state index contributed by atoms with van der Waals surface area (Å²) in [4.78, 5) is 17.3. The number of thiophene rings is 1. The van der Waals surface area contributed by atoms with Crippen LogP contribution in [-0.2, 0) is 16.0 Å². The molecule has 0 fully saturated rings. The van der Waals surface area contributed by atoms with E-state index in [1.807, 2.05) is 30.3 Å². The van der Waals surface area contributed by atoms with E-state index in [9.17, 15) is 4.79 Å². The summed E-state index contributed by atoms with van der Waals surface area (Å²) in [7, 11) is 0. The van der Waals surface area contributed by atoms with Gasteiger partial charge in [-0.25, -0.2) is 4.98 Å². The highest BCUT2D eigenvalue weighted by atomic mass is 35.5. The van der Waals surface area contributed by atoms with Gasteiger partial charge in [-0.1, -0.05) is 11.6 Å². The molecule has 0 bridgehead atoms. The fraction of sp³-hybridized carbons (Fsp3) is 0.158. The fourth-order valence-corrected chi connectivity index (χ4v) is 3.72. The summed E-state index contributed by atoms with van der Waals surface area (Å²) >= 11 is 7.42. The third-order valence-corrected chi connectivity index (χ3v) is 5.04. The molecule has 0 aliphatic carbocycles. The van der Waals surface area contributed by atoms with Gasteiger partial charge in [0.2, 0.25) is 5.89 Å². The lowest BCUT2D eigenvalue weighted by Gasteiger charge is -2.00. The highest BCUT2D eigenvalue weighted by molar-refractivity contribution is 7.19.